The molecule has 0 fully saturated rings. The topological polar surface area (TPSA) is 107 Å². The van der Waals surface area contributed by atoms with E-state index in [1.165, 1.54) is 25.3 Å². The molecule has 0 atom stereocenters. The van der Waals surface area contributed by atoms with Crippen molar-refractivity contribution >= 4 is 39.8 Å². The van der Waals surface area contributed by atoms with E-state index in [-0.39, 0.29) is 22.9 Å². The molecule has 0 saturated carbocycles. The number of carbonyl (C=O) groups excluding carboxylic acids is 3. The van der Waals surface area contributed by atoms with Crippen LogP contribution in [0, 0.1) is 0 Å². The molecule has 0 radical (unpaired) electrons. The number of thiophene rings is 1. The van der Waals surface area contributed by atoms with Crippen molar-refractivity contribution in [1.82, 2.24) is 15.1 Å². The van der Waals surface area contributed by atoms with E-state index in [1.807, 2.05) is 6.07 Å². The lowest BCUT2D eigenvalue weighted by molar-refractivity contribution is -0.118. The molecule has 0 spiro atoms. The van der Waals surface area contributed by atoms with E-state index in [1.54, 1.807) is 30.3 Å². The molecule has 29 heavy (non-hydrogen) atoms. The summed E-state index contributed by atoms with van der Waals surface area (Å²) in [6, 6.07) is 10.1. The van der Waals surface area contributed by atoms with Crippen molar-refractivity contribution < 1.29 is 19.1 Å². The number of carbonyl (C=O) groups is 3. The van der Waals surface area contributed by atoms with Crippen LogP contribution in [-0.4, -0.2) is 40.6 Å². The molecule has 1 N–H and O–H groups in total. The summed E-state index contributed by atoms with van der Waals surface area (Å²) in [4.78, 5) is 49.3. The van der Waals surface area contributed by atoms with Gasteiger partial charge < -0.3 is 10.1 Å². The van der Waals surface area contributed by atoms with E-state index in [2.05, 4.69) is 10.4 Å². The Morgan fingerprint density at radius 1 is 1.14 bits per heavy atom. The predicted molar refractivity (Wildman–Crippen MR) is 108 cm³/mol. The van der Waals surface area contributed by atoms with E-state index >= 15 is 0 Å². The van der Waals surface area contributed by atoms with Gasteiger partial charge in [0.05, 0.1) is 10.3 Å². The smallest absolute Gasteiger partial charge is 0.359 e. The number of esters is 1. The number of amides is 1. The van der Waals surface area contributed by atoms with Crippen molar-refractivity contribution in [1.29, 1.82) is 0 Å². The van der Waals surface area contributed by atoms with Crippen molar-refractivity contribution in [2.45, 2.75) is 13.3 Å². The van der Waals surface area contributed by atoms with Crippen LogP contribution in [0.2, 0.25) is 0 Å². The highest BCUT2D eigenvalue weighted by Gasteiger charge is 2.19. The summed E-state index contributed by atoms with van der Waals surface area (Å²) in [7, 11) is 1.45. The normalized spacial score (nSPS) is 10.7. The maximum Gasteiger partial charge on any atom is 0.359 e. The summed E-state index contributed by atoms with van der Waals surface area (Å²) in [5.41, 5.74) is -0.337. The quantitative estimate of drug-likeness (QED) is 0.467. The number of rotatable bonds is 7. The van der Waals surface area contributed by atoms with Gasteiger partial charge in [0.25, 0.3) is 5.56 Å². The van der Waals surface area contributed by atoms with Crippen molar-refractivity contribution in [3.05, 3.63) is 62.2 Å². The van der Waals surface area contributed by atoms with Gasteiger partial charge in [-0.2, -0.15) is 5.10 Å². The minimum atomic E-state index is -0.771. The number of nitrogens with zero attached hydrogens (tertiary/aromatic N) is 2. The lowest BCUT2D eigenvalue weighted by Gasteiger charge is -2.07. The molecule has 1 aromatic carbocycles. The molecule has 0 bridgehead atoms. The molecule has 9 heteroatoms. The lowest BCUT2D eigenvalue weighted by atomic mass is 10.1. The molecule has 0 saturated heterocycles. The molecule has 2 aromatic heterocycles. The minimum absolute atomic E-state index is 0.0160. The number of fused-ring (bicyclic) bond motifs is 1. The molecule has 1 amide bonds. The van der Waals surface area contributed by atoms with Crippen LogP contribution in [0.1, 0.15) is 32.0 Å². The Bertz CT molecular complexity index is 1150. The van der Waals surface area contributed by atoms with Crippen LogP contribution in [0.25, 0.3) is 10.8 Å². The number of hydrogen-bond acceptors (Lipinski definition) is 7. The zero-order valence-corrected chi connectivity index (χ0v) is 16.7. The molecular formula is C20H19N3O5S. The van der Waals surface area contributed by atoms with Crippen molar-refractivity contribution in [2.75, 3.05) is 13.2 Å². The Morgan fingerprint density at radius 3 is 2.59 bits per heavy atom. The van der Waals surface area contributed by atoms with Gasteiger partial charge in [0.15, 0.2) is 12.3 Å². The minimum Gasteiger partial charge on any atom is -0.452 e. The van der Waals surface area contributed by atoms with Crippen LogP contribution in [0.4, 0.5) is 0 Å². The molecule has 8 nitrogen and oxygen atoms in total. The van der Waals surface area contributed by atoms with Gasteiger partial charge in [-0.3, -0.25) is 14.4 Å². The monoisotopic (exact) mass is 413 g/mol. The fourth-order valence-corrected chi connectivity index (χ4v) is 3.68. The van der Waals surface area contributed by atoms with Crippen LogP contribution in [-0.2, 0) is 23.0 Å². The maximum absolute atomic E-state index is 12.5. The van der Waals surface area contributed by atoms with Crippen LogP contribution in [0.5, 0.6) is 0 Å². The molecule has 0 aliphatic heterocycles. The third-order valence-corrected chi connectivity index (χ3v) is 5.35. The first-order valence-corrected chi connectivity index (χ1v) is 9.68. The Morgan fingerprint density at radius 2 is 1.86 bits per heavy atom. The summed E-state index contributed by atoms with van der Waals surface area (Å²) in [5.74, 6) is -1.21. The first-order chi connectivity index (χ1) is 13.9. The van der Waals surface area contributed by atoms with Gasteiger partial charge in [0.2, 0.25) is 11.7 Å². The van der Waals surface area contributed by atoms with Crippen LogP contribution < -0.4 is 10.9 Å². The van der Waals surface area contributed by atoms with Crippen LogP contribution in [0.3, 0.4) is 0 Å². The molecule has 3 rings (SSSR count). The predicted octanol–water partition coefficient (Wildman–Crippen LogP) is 1.71. The molecule has 0 aliphatic carbocycles. The molecule has 0 aliphatic rings. The summed E-state index contributed by atoms with van der Waals surface area (Å²) < 4.78 is 6.22. The number of ketones is 1. The van der Waals surface area contributed by atoms with Crippen LogP contribution >= 0.6 is 11.3 Å². The molecule has 3 aromatic rings. The average Bonchev–Trinajstić information content (AvgIpc) is 3.17. The largest absolute Gasteiger partial charge is 0.452 e. The number of benzene rings is 1. The Balaban J connectivity index is 1.67. The van der Waals surface area contributed by atoms with E-state index in [0.717, 1.165) is 9.56 Å². The fraction of sp³-hybridized carbons (Fsp3) is 0.250. The summed E-state index contributed by atoms with van der Waals surface area (Å²) in [6.07, 6.45) is 0.616. The highest BCUT2D eigenvalue weighted by molar-refractivity contribution is 7.14. The van der Waals surface area contributed by atoms with Gasteiger partial charge in [0.1, 0.15) is 0 Å². The Kier molecular flexibility index (Phi) is 6.18. The second-order valence-electron chi connectivity index (χ2n) is 6.32. The SMILES string of the molecule is CC(=O)NCCc1ccc(C(=O)COC(=O)c2nn(C)c(=O)c3ccccc23)s1. The number of aromatic nitrogens is 2. The Labute approximate surface area is 170 Å². The van der Waals surface area contributed by atoms with Gasteiger partial charge >= 0.3 is 5.97 Å². The first-order valence-electron chi connectivity index (χ1n) is 8.86. The first kappa shape index (κ1) is 20.4. The summed E-state index contributed by atoms with van der Waals surface area (Å²) in [5, 5.41) is 7.42. The summed E-state index contributed by atoms with van der Waals surface area (Å²) in [6.45, 7) is 1.51. The number of nitrogens with one attached hydrogen (secondary N) is 1. The molecule has 0 unspecified atom stereocenters. The number of hydrogen-bond donors (Lipinski definition) is 1. The van der Waals surface area contributed by atoms with Gasteiger partial charge in [-0.05, 0) is 24.6 Å². The second-order valence-corrected chi connectivity index (χ2v) is 7.49. The van der Waals surface area contributed by atoms with Crippen molar-refractivity contribution in [2.24, 2.45) is 7.05 Å². The highest BCUT2D eigenvalue weighted by atomic mass is 32.1. The third kappa shape index (κ3) is 4.75. The van der Waals surface area contributed by atoms with E-state index < -0.39 is 12.6 Å². The molecular weight excluding hydrogens is 394 g/mol. The van der Waals surface area contributed by atoms with Crippen molar-refractivity contribution in [3.8, 4) is 0 Å². The fourth-order valence-electron chi connectivity index (χ4n) is 2.74. The van der Waals surface area contributed by atoms with E-state index in [9.17, 15) is 19.2 Å². The van der Waals surface area contributed by atoms with E-state index in [0.29, 0.717) is 28.6 Å². The number of Topliss-reactive ketones (excluding diaryl/α,β-unsaturated/α-hetero) is 1. The van der Waals surface area contributed by atoms with Crippen LogP contribution in [0.15, 0.2) is 41.2 Å². The zero-order chi connectivity index (χ0) is 21.0. The zero-order valence-electron chi connectivity index (χ0n) is 15.9. The molecule has 150 valence electrons. The highest BCUT2D eigenvalue weighted by Crippen LogP contribution is 2.18. The van der Waals surface area contributed by atoms with Crippen molar-refractivity contribution in [3.63, 3.8) is 0 Å². The average molecular weight is 413 g/mol. The van der Waals surface area contributed by atoms with E-state index in [4.69, 9.17) is 4.74 Å². The van der Waals surface area contributed by atoms with Gasteiger partial charge in [0, 0.05) is 30.8 Å². The number of ether oxygens (including phenoxy) is 1. The Hall–Kier alpha value is -3.33. The van der Waals surface area contributed by atoms with Gasteiger partial charge in [-0.25, -0.2) is 9.48 Å². The number of aryl methyl sites for hydroxylation is 1. The maximum atomic E-state index is 12.5. The lowest BCUT2D eigenvalue weighted by Crippen LogP contribution is -2.24. The summed E-state index contributed by atoms with van der Waals surface area (Å²) >= 11 is 1.29. The van der Waals surface area contributed by atoms with Gasteiger partial charge in [-0.15, -0.1) is 11.3 Å². The standard InChI is InChI=1S/C20H19N3O5S/c1-12(24)21-10-9-13-7-8-17(29-13)16(25)11-28-20(27)18-14-5-3-4-6-15(14)19(26)23(2)22-18/h3-8H,9-11H2,1-2H3,(H,21,24). The third-order valence-electron chi connectivity index (χ3n) is 4.17. The van der Waals surface area contributed by atoms with Gasteiger partial charge in [-0.1, -0.05) is 18.2 Å². The second kappa shape index (κ2) is 8.78. The molecule has 2 heterocycles.